The molecule has 0 radical (unpaired) electrons. The summed E-state index contributed by atoms with van der Waals surface area (Å²) in [5.74, 6) is 0.271. The Morgan fingerprint density at radius 1 is 1.43 bits per heavy atom. The molecule has 7 nitrogen and oxygen atoms in total. The second-order valence-electron chi connectivity index (χ2n) is 5.78. The van der Waals surface area contributed by atoms with Gasteiger partial charge in [-0.2, -0.15) is 0 Å². The maximum absolute atomic E-state index is 11.7. The first-order chi connectivity index (χ1) is 10.0. The summed E-state index contributed by atoms with van der Waals surface area (Å²) in [4.78, 5) is 23.3. The number of carboxylic acid groups (broad SMARTS) is 1. The molecule has 1 aromatic heterocycles. The van der Waals surface area contributed by atoms with Crippen molar-refractivity contribution in [3.8, 4) is 0 Å². The summed E-state index contributed by atoms with van der Waals surface area (Å²) >= 11 is 0. The van der Waals surface area contributed by atoms with E-state index in [1.165, 1.54) is 6.20 Å². The lowest BCUT2D eigenvalue weighted by Gasteiger charge is -2.35. The van der Waals surface area contributed by atoms with Crippen LogP contribution in [0.3, 0.4) is 0 Å². The van der Waals surface area contributed by atoms with Crippen LogP contribution in [0.4, 0.5) is 4.79 Å². The van der Waals surface area contributed by atoms with E-state index in [1.807, 2.05) is 0 Å². The Kier molecular flexibility index (Phi) is 4.82. The molecule has 7 heteroatoms. The molecule has 1 heterocycles. The van der Waals surface area contributed by atoms with Gasteiger partial charge in [-0.1, -0.05) is 12.1 Å². The molecule has 0 atom stereocenters. The smallest absolute Gasteiger partial charge is 0.315 e. The van der Waals surface area contributed by atoms with Crippen LogP contribution >= 0.6 is 0 Å². The van der Waals surface area contributed by atoms with Gasteiger partial charge < -0.3 is 20.3 Å². The van der Waals surface area contributed by atoms with Gasteiger partial charge in [0, 0.05) is 12.6 Å². The van der Waals surface area contributed by atoms with Crippen LogP contribution in [0.25, 0.3) is 0 Å². The van der Waals surface area contributed by atoms with Crippen LogP contribution in [0.5, 0.6) is 0 Å². The Hall–Kier alpha value is -2.05. The van der Waals surface area contributed by atoms with Gasteiger partial charge in [0.1, 0.15) is 0 Å². The highest BCUT2D eigenvalue weighted by Crippen LogP contribution is 2.38. The zero-order valence-electron chi connectivity index (χ0n) is 12.1. The molecule has 2 amide bonds. The summed E-state index contributed by atoms with van der Waals surface area (Å²) in [6, 6.07) is 1.26. The van der Waals surface area contributed by atoms with Crippen LogP contribution in [0.2, 0.25) is 0 Å². The van der Waals surface area contributed by atoms with Gasteiger partial charge in [0.25, 0.3) is 0 Å². The summed E-state index contributed by atoms with van der Waals surface area (Å²) in [6.45, 7) is 2.50. The van der Waals surface area contributed by atoms with E-state index >= 15 is 0 Å². The van der Waals surface area contributed by atoms with Gasteiger partial charge >= 0.3 is 12.0 Å². The third-order valence-electron chi connectivity index (χ3n) is 4.19. The minimum absolute atomic E-state index is 0.150. The predicted molar refractivity (Wildman–Crippen MR) is 74.4 cm³/mol. The maximum Gasteiger partial charge on any atom is 0.315 e. The summed E-state index contributed by atoms with van der Waals surface area (Å²) < 4.78 is 4.86. The molecule has 0 aromatic carbocycles. The topological polar surface area (TPSA) is 104 Å². The first-order valence-electron chi connectivity index (χ1n) is 7.16. The monoisotopic (exact) mass is 295 g/mol. The van der Waals surface area contributed by atoms with E-state index in [0.29, 0.717) is 24.5 Å². The number of hydrogen-bond acceptors (Lipinski definition) is 4. The Morgan fingerprint density at radius 2 is 2.14 bits per heavy atom. The fourth-order valence-corrected chi connectivity index (χ4v) is 2.59. The number of carbonyl (C=O) groups is 2. The molecule has 0 unspecified atom stereocenters. The second-order valence-corrected chi connectivity index (χ2v) is 5.78. The van der Waals surface area contributed by atoms with Crippen molar-refractivity contribution < 1.29 is 19.2 Å². The van der Waals surface area contributed by atoms with Crippen molar-refractivity contribution in [3.63, 3.8) is 0 Å². The Labute approximate surface area is 123 Å². The van der Waals surface area contributed by atoms with Crippen molar-refractivity contribution >= 4 is 12.0 Å². The van der Waals surface area contributed by atoms with E-state index in [1.54, 1.807) is 6.07 Å². The number of amides is 2. The molecule has 1 saturated carbocycles. The molecule has 1 aliphatic rings. The lowest BCUT2D eigenvalue weighted by atomic mass is 9.71. The van der Waals surface area contributed by atoms with Crippen LogP contribution in [0.15, 0.2) is 16.8 Å². The Bertz CT molecular complexity index is 478. The van der Waals surface area contributed by atoms with Crippen LogP contribution < -0.4 is 10.6 Å². The molecule has 21 heavy (non-hydrogen) atoms. The highest BCUT2D eigenvalue weighted by molar-refractivity contribution is 5.78. The normalized spacial score (nSPS) is 25.3. The second kappa shape index (κ2) is 6.60. The largest absolute Gasteiger partial charge is 0.481 e. The minimum atomic E-state index is -0.837. The van der Waals surface area contributed by atoms with Gasteiger partial charge in [0.2, 0.25) is 0 Å². The molecule has 0 spiro atoms. The summed E-state index contributed by atoms with van der Waals surface area (Å²) in [7, 11) is 0. The zero-order valence-corrected chi connectivity index (χ0v) is 12.1. The highest BCUT2D eigenvalue weighted by atomic mass is 16.5. The molecule has 2 rings (SSSR count). The first-order valence-corrected chi connectivity index (χ1v) is 7.16. The van der Waals surface area contributed by atoms with Gasteiger partial charge in [0.15, 0.2) is 5.76 Å². The number of nitrogens with one attached hydrogen (secondary N) is 2. The summed E-state index contributed by atoms with van der Waals surface area (Å²) in [6.07, 6.45) is 4.47. The quantitative estimate of drug-likeness (QED) is 0.767. The van der Waals surface area contributed by atoms with E-state index in [4.69, 9.17) is 4.52 Å². The van der Waals surface area contributed by atoms with Crippen LogP contribution in [0, 0.1) is 11.3 Å². The number of aromatic nitrogens is 1. The average molecular weight is 295 g/mol. The van der Waals surface area contributed by atoms with Crippen molar-refractivity contribution in [2.24, 2.45) is 11.3 Å². The molecular formula is C14H21N3O4. The molecule has 0 aliphatic heterocycles. The third kappa shape index (κ3) is 3.96. The van der Waals surface area contributed by atoms with Gasteiger partial charge in [-0.25, -0.2) is 4.79 Å². The Balaban J connectivity index is 1.81. The van der Waals surface area contributed by atoms with Crippen molar-refractivity contribution in [1.82, 2.24) is 15.8 Å². The van der Waals surface area contributed by atoms with Crippen LogP contribution in [0.1, 0.15) is 38.4 Å². The molecule has 0 bridgehead atoms. The minimum Gasteiger partial charge on any atom is -0.481 e. The van der Waals surface area contributed by atoms with Gasteiger partial charge in [-0.15, -0.1) is 0 Å². The summed E-state index contributed by atoms with van der Waals surface area (Å²) in [5, 5.41) is 18.3. The number of hydrogen-bond donors (Lipinski definition) is 3. The van der Waals surface area contributed by atoms with E-state index in [0.717, 1.165) is 12.8 Å². The van der Waals surface area contributed by atoms with Crippen molar-refractivity contribution in [2.45, 2.75) is 39.2 Å². The molecule has 1 aromatic rings. The highest BCUT2D eigenvalue weighted by Gasteiger charge is 2.41. The van der Waals surface area contributed by atoms with E-state index in [2.05, 4.69) is 22.7 Å². The number of carboxylic acids is 1. The average Bonchev–Trinajstić information content (AvgIpc) is 2.98. The molecule has 3 N–H and O–H groups in total. The van der Waals surface area contributed by atoms with Crippen LogP contribution in [-0.2, 0) is 11.3 Å². The van der Waals surface area contributed by atoms with Crippen molar-refractivity contribution in [3.05, 3.63) is 18.0 Å². The fraction of sp³-hybridized carbons (Fsp3) is 0.643. The Morgan fingerprint density at radius 3 is 2.71 bits per heavy atom. The lowest BCUT2D eigenvalue weighted by Crippen LogP contribution is -2.47. The van der Waals surface area contributed by atoms with E-state index in [-0.39, 0.29) is 13.1 Å². The van der Waals surface area contributed by atoms with Crippen LogP contribution in [-0.4, -0.2) is 28.8 Å². The van der Waals surface area contributed by atoms with Gasteiger partial charge in [-0.05, 0) is 31.6 Å². The van der Waals surface area contributed by atoms with Gasteiger partial charge in [-0.3, -0.25) is 4.79 Å². The number of urea groups is 1. The van der Waals surface area contributed by atoms with Crippen molar-refractivity contribution in [2.75, 3.05) is 6.54 Å². The zero-order chi connectivity index (χ0) is 15.3. The summed E-state index contributed by atoms with van der Waals surface area (Å²) in [5.41, 5.74) is -0.837. The lowest BCUT2D eigenvalue weighted by molar-refractivity contribution is -0.151. The molecular weight excluding hydrogens is 274 g/mol. The van der Waals surface area contributed by atoms with Crippen molar-refractivity contribution in [1.29, 1.82) is 0 Å². The first kappa shape index (κ1) is 15.3. The molecule has 0 saturated heterocycles. The SMILES string of the molecule is CC1CCC(CNC(=O)NCc2ccno2)(C(=O)O)CC1. The van der Waals surface area contributed by atoms with E-state index in [9.17, 15) is 14.7 Å². The number of nitrogens with zero attached hydrogens (tertiary/aromatic N) is 1. The number of carbonyl (C=O) groups excluding carboxylic acids is 1. The number of rotatable bonds is 5. The maximum atomic E-state index is 11.7. The fourth-order valence-electron chi connectivity index (χ4n) is 2.59. The number of aliphatic carboxylic acids is 1. The standard InChI is InChI=1S/C14H21N3O4/c1-10-2-5-14(6-3-10,12(18)19)9-16-13(20)15-8-11-4-7-17-21-11/h4,7,10H,2-3,5-6,8-9H2,1H3,(H,18,19)(H2,15,16,20). The van der Waals surface area contributed by atoms with E-state index < -0.39 is 17.4 Å². The predicted octanol–water partition coefficient (Wildman–Crippen LogP) is 1.75. The van der Waals surface area contributed by atoms with Gasteiger partial charge in [0.05, 0.1) is 18.2 Å². The molecule has 116 valence electrons. The molecule has 1 aliphatic carbocycles. The third-order valence-corrected chi connectivity index (χ3v) is 4.19. The molecule has 1 fully saturated rings.